The highest BCUT2D eigenvalue weighted by Gasteiger charge is 2.26. The summed E-state index contributed by atoms with van der Waals surface area (Å²) in [7, 11) is -4.00. The van der Waals surface area contributed by atoms with Crippen molar-refractivity contribution < 1.29 is 17.9 Å². The lowest BCUT2D eigenvalue weighted by Crippen LogP contribution is -2.31. The van der Waals surface area contributed by atoms with Gasteiger partial charge in [0.1, 0.15) is 5.75 Å². The molecule has 0 aliphatic heterocycles. The largest absolute Gasteiger partial charge is 0.494 e. The van der Waals surface area contributed by atoms with Gasteiger partial charge in [-0.2, -0.15) is 5.10 Å². The molecule has 0 fully saturated rings. The molecule has 1 amide bonds. The molecule has 0 spiro atoms. The summed E-state index contributed by atoms with van der Waals surface area (Å²) in [4.78, 5) is 12.5. The van der Waals surface area contributed by atoms with Crippen LogP contribution in [0.1, 0.15) is 63.6 Å². The summed E-state index contributed by atoms with van der Waals surface area (Å²) in [6, 6.07) is 7.53. The van der Waals surface area contributed by atoms with Gasteiger partial charge in [-0.25, -0.2) is 13.1 Å². The lowest BCUT2D eigenvalue weighted by atomic mass is 10.1. The van der Waals surface area contributed by atoms with Crippen LogP contribution in [-0.2, 0) is 15.6 Å². The first-order valence-electron chi connectivity index (χ1n) is 8.86. The molecule has 1 aromatic carbocycles. The number of aromatic nitrogens is 2. The Kier molecular flexibility index (Phi) is 5.99. The summed E-state index contributed by atoms with van der Waals surface area (Å²) in [5, 5.41) is 4.34. The number of carbonyl (C=O) groups is 1. The first-order valence-corrected chi connectivity index (χ1v) is 10.3. The van der Waals surface area contributed by atoms with Crippen molar-refractivity contribution in [1.82, 2.24) is 14.5 Å². The predicted octanol–water partition coefficient (Wildman–Crippen LogP) is 3.28. The molecule has 7 nitrogen and oxygen atoms in total. The molecule has 1 heterocycles. The van der Waals surface area contributed by atoms with Gasteiger partial charge in [0.05, 0.1) is 17.0 Å². The monoisotopic (exact) mass is 393 g/mol. The highest BCUT2D eigenvalue weighted by molar-refractivity contribution is 7.90. The average Bonchev–Trinajstić information content (AvgIpc) is 3.01. The molecule has 148 valence electrons. The molecule has 2 rings (SSSR count). The second-order valence-corrected chi connectivity index (χ2v) is 9.21. The minimum Gasteiger partial charge on any atom is -0.494 e. The number of ether oxygens (including phenoxy) is 1. The standard InChI is InChI=1S/C19H27N3O4S/c1-7-26-14-8-10-15(11-9-14)27(24,25)21-18(23)16-12-17(13(2)3)22(20-16)19(4,5)6/h8-13H,7H2,1-6H3,(H,21,23). The molecule has 27 heavy (non-hydrogen) atoms. The topological polar surface area (TPSA) is 90.3 Å². The second-order valence-electron chi connectivity index (χ2n) is 7.53. The van der Waals surface area contributed by atoms with Crippen LogP contribution in [0.5, 0.6) is 5.75 Å². The van der Waals surface area contributed by atoms with E-state index in [-0.39, 0.29) is 22.0 Å². The van der Waals surface area contributed by atoms with Crippen molar-refractivity contribution in [2.24, 2.45) is 0 Å². The third kappa shape index (κ3) is 4.88. The molecular formula is C19H27N3O4S. The fourth-order valence-corrected chi connectivity index (χ4v) is 3.53. The molecule has 1 aromatic heterocycles. The zero-order valence-electron chi connectivity index (χ0n) is 16.6. The summed E-state index contributed by atoms with van der Waals surface area (Å²) < 4.78 is 34.1. The summed E-state index contributed by atoms with van der Waals surface area (Å²) in [5.41, 5.74) is 0.612. The number of rotatable bonds is 6. The maximum Gasteiger partial charge on any atom is 0.285 e. The predicted molar refractivity (Wildman–Crippen MR) is 104 cm³/mol. The molecule has 1 N–H and O–H groups in total. The zero-order valence-corrected chi connectivity index (χ0v) is 17.4. The number of benzene rings is 1. The summed E-state index contributed by atoms with van der Waals surface area (Å²) >= 11 is 0. The Morgan fingerprint density at radius 1 is 1.22 bits per heavy atom. The summed E-state index contributed by atoms with van der Waals surface area (Å²) in [5.74, 6) is -0.0527. The van der Waals surface area contributed by atoms with Crippen molar-refractivity contribution in [3.63, 3.8) is 0 Å². The third-order valence-corrected chi connectivity index (χ3v) is 5.22. The minimum absolute atomic E-state index is 0.0151. The van der Waals surface area contributed by atoms with Crippen LogP contribution >= 0.6 is 0 Å². The lowest BCUT2D eigenvalue weighted by molar-refractivity contribution is 0.0975. The van der Waals surface area contributed by atoms with Crippen molar-refractivity contribution in [2.75, 3.05) is 6.61 Å². The van der Waals surface area contributed by atoms with E-state index in [1.54, 1.807) is 22.9 Å². The van der Waals surface area contributed by atoms with Gasteiger partial charge < -0.3 is 4.74 Å². The van der Waals surface area contributed by atoms with Crippen LogP contribution in [0.15, 0.2) is 35.2 Å². The first-order chi connectivity index (χ1) is 12.5. The Balaban J connectivity index is 2.28. The van der Waals surface area contributed by atoms with Gasteiger partial charge >= 0.3 is 0 Å². The molecule has 0 saturated carbocycles. The Morgan fingerprint density at radius 3 is 2.26 bits per heavy atom. The van der Waals surface area contributed by atoms with Crippen molar-refractivity contribution in [1.29, 1.82) is 0 Å². The van der Waals surface area contributed by atoms with E-state index in [4.69, 9.17) is 4.74 Å². The normalized spacial score (nSPS) is 12.3. The van der Waals surface area contributed by atoms with Crippen molar-refractivity contribution in [3.05, 3.63) is 41.7 Å². The number of hydrogen-bond acceptors (Lipinski definition) is 5. The minimum atomic E-state index is -4.00. The fraction of sp³-hybridized carbons (Fsp3) is 0.474. The molecule has 0 bridgehead atoms. The van der Waals surface area contributed by atoms with E-state index in [0.717, 1.165) is 5.69 Å². The maximum atomic E-state index is 12.5. The number of hydrogen-bond donors (Lipinski definition) is 1. The third-order valence-electron chi connectivity index (χ3n) is 3.87. The molecular weight excluding hydrogens is 366 g/mol. The van der Waals surface area contributed by atoms with Crippen molar-refractivity contribution in [3.8, 4) is 5.75 Å². The van der Waals surface area contributed by atoms with Crippen LogP contribution in [0.2, 0.25) is 0 Å². The Labute approximate surface area is 160 Å². The summed E-state index contributed by atoms with van der Waals surface area (Å²) in [6.45, 7) is 12.2. The van der Waals surface area contributed by atoms with E-state index in [1.165, 1.54) is 12.1 Å². The van der Waals surface area contributed by atoms with E-state index >= 15 is 0 Å². The van der Waals surface area contributed by atoms with Crippen LogP contribution in [0.4, 0.5) is 0 Å². The van der Waals surface area contributed by atoms with Gasteiger partial charge in [-0.05, 0) is 63.9 Å². The highest BCUT2D eigenvalue weighted by atomic mass is 32.2. The van der Waals surface area contributed by atoms with Crippen LogP contribution < -0.4 is 9.46 Å². The maximum absolute atomic E-state index is 12.5. The van der Waals surface area contributed by atoms with Crippen LogP contribution in [0, 0.1) is 0 Å². The van der Waals surface area contributed by atoms with Crippen LogP contribution in [0.3, 0.4) is 0 Å². The molecule has 0 saturated heterocycles. The van der Waals surface area contributed by atoms with E-state index in [2.05, 4.69) is 9.82 Å². The molecule has 0 atom stereocenters. The summed E-state index contributed by atoms with van der Waals surface area (Å²) in [6.07, 6.45) is 0. The molecule has 8 heteroatoms. The fourth-order valence-electron chi connectivity index (χ4n) is 2.57. The van der Waals surface area contributed by atoms with Gasteiger partial charge in [-0.3, -0.25) is 9.48 Å². The Bertz CT molecular complexity index is 907. The molecule has 0 aliphatic rings. The smallest absolute Gasteiger partial charge is 0.285 e. The van der Waals surface area contributed by atoms with Crippen molar-refractivity contribution >= 4 is 15.9 Å². The van der Waals surface area contributed by atoms with Gasteiger partial charge in [-0.1, -0.05) is 13.8 Å². The Hall–Kier alpha value is -2.35. The second kappa shape index (κ2) is 7.72. The van der Waals surface area contributed by atoms with Crippen LogP contribution in [0.25, 0.3) is 0 Å². The number of carbonyl (C=O) groups excluding carboxylic acids is 1. The molecule has 0 radical (unpaired) electrons. The zero-order chi connectivity index (χ0) is 20.4. The van der Waals surface area contributed by atoms with Crippen molar-refractivity contribution in [2.45, 2.75) is 57.9 Å². The lowest BCUT2D eigenvalue weighted by Gasteiger charge is -2.23. The molecule has 0 aliphatic carbocycles. The van der Waals surface area contributed by atoms with Gasteiger partial charge in [0.25, 0.3) is 15.9 Å². The van der Waals surface area contributed by atoms with E-state index in [1.807, 2.05) is 41.5 Å². The van der Waals surface area contributed by atoms with E-state index < -0.39 is 15.9 Å². The van der Waals surface area contributed by atoms with E-state index in [9.17, 15) is 13.2 Å². The number of nitrogens with one attached hydrogen (secondary N) is 1. The molecule has 0 unspecified atom stereocenters. The van der Waals surface area contributed by atoms with Gasteiger partial charge in [-0.15, -0.1) is 0 Å². The first kappa shape index (κ1) is 21.0. The number of sulfonamides is 1. The number of amides is 1. The van der Waals surface area contributed by atoms with E-state index in [0.29, 0.717) is 12.4 Å². The number of nitrogens with zero attached hydrogens (tertiary/aromatic N) is 2. The Morgan fingerprint density at radius 2 is 1.81 bits per heavy atom. The quantitative estimate of drug-likeness (QED) is 0.813. The average molecular weight is 394 g/mol. The molecule has 2 aromatic rings. The highest BCUT2D eigenvalue weighted by Crippen LogP contribution is 2.24. The van der Waals surface area contributed by atoms with Gasteiger partial charge in [0, 0.05) is 5.69 Å². The van der Waals surface area contributed by atoms with Gasteiger partial charge in [0.2, 0.25) is 0 Å². The SMILES string of the molecule is CCOc1ccc(S(=O)(=O)NC(=O)c2cc(C(C)C)n(C(C)(C)C)n2)cc1. The van der Waals surface area contributed by atoms with Gasteiger partial charge in [0.15, 0.2) is 5.69 Å². The van der Waals surface area contributed by atoms with Crippen LogP contribution in [-0.4, -0.2) is 30.7 Å².